The number of nitrogens with zero attached hydrogens (tertiary/aromatic N) is 3. The van der Waals surface area contributed by atoms with E-state index in [2.05, 4.69) is 10.2 Å². The number of likely N-dealkylation sites (tertiary alicyclic amines) is 1. The smallest absolute Gasteiger partial charge is 0.233 e. The SMILES string of the molecule is COc1ccc(CCC(=O)N2CCC(Oc3ccc(C)nn3)C2)cc1. The average Bonchev–Trinajstić information content (AvgIpc) is 3.10. The minimum atomic E-state index is -0.0121. The Morgan fingerprint density at radius 2 is 2.00 bits per heavy atom. The molecule has 6 nitrogen and oxygen atoms in total. The van der Waals surface area contributed by atoms with Crippen molar-refractivity contribution in [3.8, 4) is 11.6 Å². The molecule has 1 aromatic heterocycles. The molecule has 6 heteroatoms. The summed E-state index contributed by atoms with van der Waals surface area (Å²) in [6.07, 6.45) is 2.04. The van der Waals surface area contributed by atoms with Crippen molar-refractivity contribution < 1.29 is 14.3 Å². The van der Waals surface area contributed by atoms with Gasteiger partial charge in [0.1, 0.15) is 11.9 Å². The number of carbonyl (C=O) groups is 1. The van der Waals surface area contributed by atoms with Crippen LogP contribution in [0.15, 0.2) is 36.4 Å². The number of hydrogen-bond acceptors (Lipinski definition) is 5. The van der Waals surface area contributed by atoms with Crippen molar-refractivity contribution in [2.75, 3.05) is 20.2 Å². The number of rotatable bonds is 6. The van der Waals surface area contributed by atoms with E-state index < -0.39 is 0 Å². The second-order valence-electron chi connectivity index (χ2n) is 6.23. The van der Waals surface area contributed by atoms with Gasteiger partial charge in [-0.2, -0.15) is 5.10 Å². The first-order valence-corrected chi connectivity index (χ1v) is 8.52. The highest BCUT2D eigenvalue weighted by molar-refractivity contribution is 5.76. The van der Waals surface area contributed by atoms with E-state index in [1.54, 1.807) is 7.11 Å². The van der Waals surface area contributed by atoms with Crippen LogP contribution in [0.5, 0.6) is 11.6 Å². The molecule has 2 aromatic rings. The fourth-order valence-corrected chi connectivity index (χ4v) is 2.87. The van der Waals surface area contributed by atoms with Gasteiger partial charge in [0.05, 0.1) is 19.3 Å². The second kappa shape index (κ2) is 7.96. The number of aryl methyl sites for hydroxylation is 2. The summed E-state index contributed by atoms with van der Waals surface area (Å²) < 4.78 is 11.0. The maximum absolute atomic E-state index is 12.4. The van der Waals surface area contributed by atoms with Gasteiger partial charge in [0.25, 0.3) is 0 Å². The number of amides is 1. The molecular formula is C19H23N3O3. The molecule has 1 atom stereocenters. The van der Waals surface area contributed by atoms with Crippen LogP contribution < -0.4 is 9.47 Å². The topological polar surface area (TPSA) is 64.5 Å². The van der Waals surface area contributed by atoms with Crippen LogP contribution in [0.1, 0.15) is 24.1 Å². The molecule has 1 fully saturated rings. The molecule has 0 aliphatic carbocycles. The fourth-order valence-electron chi connectivity index (χ4n) is 2.87. The molecule has 132 valence electrons. The quantitative estimate of drug-likeness (QED) is 0.807. The minimum absolute atomic E-state index is 0.0121. The third-order valence-electron chi connectivity index (χ3n) is 4.35. The van der Waals surface area contributed by atoms with Crippen molar-refractivity contribution in [1.29, 1.82) is 0 Å². The van der Waals surface area contributed by atoms with Crippen LogP contribution in [0.3, 0.4) is 0 Å². The monoisotopic (exact) mass is 341 g/mol. The van der Waals surface area contributed by atoms with Crippen molar-refractivity contribution in [1.82, 2.24) is 15.1 Å². The first kappa shape index (κ1) is 17.2. The summed E-state index contributed by atoms with van der Waals surface area (Å²) in [5.74, 6) is 1.51. The predicted octanol–water partition coefficient (Wildman–Crippen LogP) is 2.41. The maximum Gasteiger partial charge on any atom is 0.233 e. The van der Waals surface area contributed by atoms with Gasteiger partial charge < -0.3 is 14.4 Å². The molecular weight excluding hydrogens is 318 g/mol. The Morgan fingerprint density at radius 1 is 1.20 bits per heavy atom. The van der Waals surface area contributed by atoms with Crippen LogP contribution in [0.25, 0.3) is 0 Å². The molecule has 1 aliphatic heterocycles. The summed E-state index contributed by atoms with van der Waals surface area (Å²) >= 11 is 0. The maximum atomic E-state index is 12.4. The van der Waals surface area contributed by atoms with Crippen LogP contribution in [-0.2, 0) is 11.2 Å². The summed E-state index contributed by atoms with van der Waals surface area (Å²) in [6.45, 7) is 3.22. The van der Waals surface area contributed by atoms with E-state index in [1.165, 1.54) is 0 Å². The van der Waals surface area contributed by atoms with Gasteiger partial charge >= 0.3 is 0 Å². The van der Waals surface area contributed by atoms with Crippen molar-refractivity contribution in [3.05, 3.63) is 47.7 Å². The molecule has 1 aliphatic rings. The largest absolute Gasteiger partial charge is 0.497 e. The molecule has 1 saturated heterocycles. The highest BCUT2D eigenvalue weighted by atomic mass is 16.5. The first-order valence-electron chi connectivity index (χ1n) is 8.52. The Balaban J connectivity index is 1.46. The number of methoxy groups -OCH3 is 1. The summed E-state index contributed by atoms with van der Waals surface area (Å²) in [7, 11) is 1.65. The standard InChI is InChI=1S/C19H23N3O3/c1-14-3-9-18(21-20-14)25-17-11-12-22(13-17)19(23)10-6-15-4-7-16(24-2)8-5-15/h3-5,7-9,17H,6,10-13H2,1-2H3. The zero-order chi connectivity index (χ0) is 17.6. The van der Waals surface area contributed by atoms with Crippen LogP contribution in [0, 0.1) is 6.92 Å². The van der Waals surface area contributed by atoms with E-state index in [0.717, 1.165) is 36.4 Å². The van der Waals surface area contributed by atoms with Crippen LogP contribution >= 0.6 is 0 Å². The van der Waals surface area contributed by atoms with Gasteiger partial charge in [-0.15, -0.1) is 5.10 Å². The van der Waals surface area contributed by atoms with Crippen molar-refractivity contribution >= 4 is 5.91 Å². The van der Waals surface area contributed by atoms with E-state index in [0.29, 0.717) is 18.8 Å². The van der Waals surface area contributed by atoms with Crippen molar-refractivity contribution in [2.24, 2.45) is 0 Å². The Hall–Kier alpha value is -2.63. The molecule has 25 heavy (non-hydrogen) atoms. The summed E-state index contributed by atoms with van der Waals surface area (Å²) in [5.41, 5.74) is 1.99. The zero-order valence-electron chi connectivity index (χ0n) is 14.6. The molecule has 1 aromatic carbocycles. The summed E-state index contributed by atoms with van der Waals surface area (Å²) in [5, 5.41) is 8.00. The fraction of sp³-hybridized carbons (Fsp3) is 0.421. The average molecular weight is 341 g/mol. The van der Waals surface area contributed by atoms with Crippen LogP contribution in [0.4, 0.5) is 0 Å². The number of benzene rings is 1. The predicted molar refractivity (Wildman–Crippen MR) is 93.7 cm³/mol. The van der Waals surface area contributed by atoms with Gasteiger partial charge in [0, 0.05) is 25.5 Å². The molecule has 0 saturated carbocycles. The van der Waals surface area contributed by atoms with Crippen molar-refractivity contribution in [3.63, 3.8) is 0 Å². The van der Waals surface area contributed by atoms with Crippen LogP contribution in [-0.4, -0.2) is 47.3 Å². The third-order valence-corrected chi connectivity index (χ3v) is 4.35. The first-order chi connectivity index (χ1) is 12.1. The normalized spacial score (nSPS) is 16.7. The zero-order valence-corrected chi connectivity index (χ0v) is 14.6. The Morgan fingerprint density at radius 3 is 2.68 bits per heavy atom. The number of ether oxygens (including phenoxy) is 2. The highest BCUT2D eigenvalue weighted by Crippen LogP contribution is 2.18. The van der Waals surface area contributed by atoms with E-state index in [9.17, 15) is 4.79 Å². The lowest BCUT2D eigenvalue weighted by molar-refractivity contribution is -0.130. The Kier molecular flexibility index (Phi) is 5.48. The van der Waals surface area contributed by atoms with Gasteiger partial charge in [-0.25, -0.2) is 0 Å². The van der Waals surface area contributed by atoms with Gasteiger partial charge in [0.15, 0.2) is 0 Å². The van der Waals surface area contributed by atoms with Gasteiger partial charge in [0.2, 0.25) is 11.8 Å². The molecule has 3 rings (SSSR count). The molecule has 0 radical (unpaired) electrons. The van der Waals surface area contributed by atoms with E-state index in [-0.39, 0.29) is 12.0 Å². The number of hydrogen-bond donors (Lipinski definition) is 0. The molecule has 0 N–H and O–H groups in total. The lowest BCUT2D eigenvalue weighted by Gasteiger charge is -2.17. The van der Waals surface area contributed by atoms with Gasteiger partial charge in [-0.05, 0) is 37.1 Å². The Labute approximate surface area is 147 Å². The molecule has 1 amide bonds. The lowest BCUT2D eigenvalue weighted by atomic mass is 10.1. The molecule has 1 unspecified atom stereocenters. The molecule has 0 spiro atoms. The third kappa shape index (κ3) is 4.68. The molecule has 2 heterocycles. The summed E-state index contributed by atoms with van der Waals surface area (Å²) in [6, 6.07) is 11.5. The van der Waals surface area contributed by atoms with Gasteiger partial charge in [-0.1, -0.05) is 12.1 Å². The van der Waals surface area contributed by atoms with Crippen molar-refractivity contribution in [2.45, 2.75) is 32.3 Å². The Bertz CT molecular complexity index is 701. The van der Waals surface area contributed by atoms with Crippen LogP contribution in [0.2, 0.25) is 0 Å². The highest BCUT2D eigenvalue weighted by Gasteiger charge is 2.27. The minimum Gasteiger partial charge on any atom is -0.497 e. The molecule has 0 bridgehead atoms. The number of aromatic nitrogens is 2. The lowest BCUT2D eigenvalue weighted by Crippen LogP contribution is -2.31. The second-order valence-corrected chi connectivity index (χ2v) is 6.23. The summed E-state index contributed by atoms with van der Waals surface area (Å²) in [4.78, 5) is 14.3. The van der Waals surface area contributed by atoms with E-state index in [4.69, 9.17) is 9.47 Å². The van der Waals surface area contributed by atoms with E-state index in [1.807, 2.05) is 48.2 Å². The van der Waals surface area contributed by atoms with E-state index >= 15 is 0 Å². The van der Waals surface area contributed by atoms with Gasteiger partial charge in [-0.3, -0.25) is 4.79 Å². The number of carbonyl (C=O) groups excluding carboxylic acids is 1.